The van der Waals surface area contributed by atoms with Gasteiger partial charge in [0.2, 0.25) is 0 Å². The molecule has 5 heteroatoms. The summed E-state index contributed by atoms with van der Waals surface area (Å²) in [5, 5.41) is 2.84. The summed E-state index contributed by atoms with van der Waals surface area (Å²) in [5.41, 5.74) is 7.09. The third-order valence-corrected chi connectivity index (χ3v) is 3.62. The minimum absolute atomic E-state index is 0.232. The normalized spacial score (nSPS) is 10.0. The largest absolute Gasteiger partial charge is 0.397 e. The van der Waals surface area contributed by atoms with Crippen LogP contribution in [0.15, 0.2) is 60.1 Å². The van der Waals surface area contributed by atoms with Crippen molar-refractivity contribution in [3.8, 4) is 0 Å². The number of para-hydroxylation sites is 1. The molecule has 0 aliphatic heterocycles. The number of hydrogen-bond donors (Lipinski definition) is 2. The van der Waals surface area contributed by atoms with Gasteiger partial charge in [0.1, 0.15) is 0 Å². The Morgan fingerprint density at radius 2 is 2.15 bits per heavy atom. The van der Waals surface area contributed by atoms with Crippen LogP contribution in [-0.2, 0) is 0 Å². The smallest absolute Gasteiger partial charge is 0.276 e. The molecule has 1 heterocycles. The Hall–Kier alpha value is -2.27. The SMILES string of the molecule is C=CCSc1ccccc1NC(=O)c1ncccc1N. The first-order valence-electron chi connectivity index (χ1n) is 6.07. The molecule has 102 valence electrons. The van der Waals surface area contributed by atoms with E-state index in [1.54, 1.807) is 30.1 Å². The van der Waals surface area contributed by atoms with Crippen LogP contribution < -0.4 is 11.1 Å². The van der Waals surface area contributed by atoms with Crippen molar-refractivity contribution >= 4 is 29.0 Å². The van der Waals surface area contributed by atoms with Gasteiger partial charge >= 0.3 is 0 Å². The predicted molar refractivity (Wildman–Crippen MR) is 84.0 cm³/mol. The van der Waals surface area contributed by atoms with Gasteiger partial charge in [0.15, 0.2) is 5.69 Å². The summed E-state index contributed by atoms with van der Waals surface area (Å²) in [5.74, 6) is 0.466. The summed E-state index contributed by atoms with van der Waals surface area (Å²) in [7, 11) is 0. The average Bonchev–Trinajstić information content (AvgIpc) is 2.46. The van der Waals surface area contributed by atoms with Gasteiger partial charge in [-0.15, -0.1) is 18.3 Å². The van der Waals surface area contributed by atoms with Crippen molar-refractivity contribution in [2.24, 2.45) is 0 Å². The van der Waals surface area contributed by atoms with Crippen LogP contribution in [0.4, 0.5) is 11.4 Å². The van der Waals surface area contributed by atoms with Crippen molar-refractivity contribution in [3.63, 3.8) is 0 Å². The van der Waals surface area contributed by atoms with Crippen LogP contribution in [0.1, 0.15) is 10.5 Å². The zero-order valence-corrected chi connectivity index (χ0v) is 11.7. The highest BCUT2D eigenvalue weighted by atomic mass is 32.2. The zero-order valence-electron chi connectivity index (χ0n) is 10.9. The minimum atomic E-state index is -0.310. The fourth-order valence-electron chi connectivity index (χ4n) is 1.63. The average molecular weight is 285 g/mol. The van der Waals surface area contributed by atoms with E-state index >= 15 is 0 Å². The van der Waals surface area contributed by atoms with Crippen molar-refractivity contribution < 1.29 is 4.79 Å². The number of nitrogens with two attached hydrogens (primary N) is 1. The molecule has 1 aromatic heterocycles. The molecule has 4 nitrogen and oxygen atoms in total. The number of rotatable bonds is 5. The highest BCUT2D eigenvalue weighted by Crippen LogP contribution is 2.27. The van der Waals surface area contributed by atoms with E-state index in [1.165, 1.54) is 0 Å². The van der Waals surface area contributed by atoms with Crippen molar-refractivity contribution in [1.82, 2.24) is 4.98 Å². The van der Waals surface area contributed by atoms with Crippen molar-refractivity contribution in [1.29, 1.82) is 0 Å². The lowest BCUT2D eigenvalue weighted by Gasteiger charge is -2.10. The maximum Gasteiger partial charge on any atom is 0.276 e. The van der Waals surface area contributed by atoms with E-state index in [2.05, 4.69) is 16.9 Å². The number of nitrogen functional groups attached to an aromatic ring is 1. The molecule has 20 heavy (non-hydrogen) atoms. The summed E-state index contributed by atoms with van der Waals surface area (Å²) in [4.78, 5) is 17.2. The molecule has 0 aliphatic rings. The standard InChI is InChI=1S/C15H15N3OS/c1-2-10-20-13-8-4-3-7-12(13)18-15(19)14-11(16)6-5-9-17-14/h2-9H,1,10,16H2,(H,18,19). The Morgan fingerprint density at radius 3 is 2.90 bits per heavy atom. The molecule has 2 rings (SSSR count). The van der Waals surface area contributed by atoms with Crippen LogP contribution in [0.25, 0.3) is 0 Å². The second kappa shape index (κ2) is 6.77. The second-order valence-corrected chi connectivity index (χ2v) is 5.05. The maximum absolute atomic E-state index is 12.2. The van der Waals surface area contributed by atoms with Crippen LogP contribution >= 0.6 is 11.8 Å². The number of thioether (sulfide) groups is 1. The summed E-state index contributed by atoms with van der Waals surface area (Å²) < 4.78 is 0. The van der Waals surface area contributed by atoms with E-state index in [1.807, 2.05) is 30.3 Å². The van der Waals surface area contributed by atoms with E-state index in [9.17, 15) is 4.79 Å². The lowest BCUT2D eigenvalue weighted by molar-refractivity contribution is 0.102. The monoisotopic (exact) mass is 285 g/mol. The van der Waals surface area contributed by atoms with Crippen LogP contribution in [0.5, 0.6) is 0 Å². The van der Waals surface area contributed by atoms with E-state index in [0.29, 0.717) is 5.69 Å². The van der Waals surface area contributed by atoms with Gasteiger partial charge < -0.3 is 11.1 Å². The summed E-state index contributed by atoms with van der Waals surface area (Å²) in [6.45, 7) is 3.69. The number of carbonyl (C=O) groups is 1. The number of hydrogen-bond acceptors (Lipinski definition) is 4. The second-order valence-electron chi connectivity index (χ2n) is 3.99. The molecule has 0 atom stereocenters. The lowest BCUT2D eigenvalue weighted by atomic mass is 10.2. The van der Waals surface area contributed by atoms with E-state index < -0.39 is 0 Å². The molecule has 0 bridgehead atoms. The fourth-order valence-corrected chi connectivity index (χ4v) is 2.38. The predicted octanol–water partition coefficient (Wildman–Crippen LogP) is 3.19. The molecular formula is C15H15N3OS. The molecule has 0 saturated carbocycles. The number of amides is 1. The van der Waals surface area contributed by atoms with Crippen LogP contribution in [0.3, 0.4) is 0 Å². The van der Waals surface area contributed by atoms with Gasteiger partial charge in [-0.3, -0.25) is 4.79 Å². The lowest BCUT2D eigenvalue weighted by Crippen LogP contribution is -2.16. The first-order valence-corrected chi connectivity index (χ1v) is 7.05. The Balaban J connectivity index is 2.20. The number of anilines is 2. The zero-order chi connectivity index (χ0) is 14.4. The topological polar surface area (TPSA) is 68.0 Å². The first-order chi connectivity index (χ1) is 9.72. The number of carbonyl (C=O) groups excluding carboxylic acids is 1. The Kier molecular flexibility index (Phi) is 4.79. The van der Waals surface area contributed by atoms with Crippen LogP contribution in [0.2, 0.25) is 0 Å². The molecule has 0 spiro atoms. The van der Waals surface area contributed by atoms with Gasteiger partial charge in [-0.25, -0.2) is 4.98 Å². The van der Waals surface area contributed by atoms with Gasteiger partial charge in [-0.1, -0.05) is 18.2 Å². The molecule has 0 fully saturated rings. The number of nitrogens with zero attached hydrogens (tertiary/aromatic N) is 1. The molecule has 1 aromatic carbocycles. The highest BCUT2D eigenvalue weighted by molar-refractivity contribution is 7.99. The molecule has 0 unspecified atom stereocenters. The van der Waals surface area contributed by atoms with Crippen LogP contribution in [0, 0.1) is 0 Å². The number of aromatic nitrogens is 1. The van der Waals surface area contributed by atoms with E-state index in [-0.39, 0.29) is 11.6 Å². The number of benzene rings is 1. The molecule has 3 N–H and O–H groups in total. The van der Waals surface area contributed by atoms with E-state index in [0.717, 1.165) is 16.3 Å². The summed E-state index contributed by atoms with van der Waals surface area (Å²) >= 11 is 1.60. The van der Waals surface area contributed by atoms with Crippen molar-refractivity contribution in [2.45, 2.75) is 4.90 Å². The van der Waals surface area contributed by atoms with Gasteiger partial charge in [-0.2, -0.15) is 0 Å². The van der Waals surface area contributed by atoms with Gasteiger partial charge in [0.05, 0.1) is 11.4 Å². The van der Waals surface area contributed by atoms with Crippen LogP contribution in [-0.4, -0.2) is 16.6 Å². The Bertz CT molecular complexity index is 628. The van der Waals surface area contributed by atoms with Gasteiger partial charge in [0.25, 0.3) is 5.91 Å². The summed E-state index contributed by atoms with van der Waals surface area (Å²) in [6.07, 6.45) is 3.36. The molecule has 2 aromatic rings. The van der Waals surface area contributed by atoms with Gasteiger partial charge in [-0.05, 0) is 24.3 Å². The van der Waals surface area contributed by atoms with E-state index in [4.69, 9.17) is 5.73 Å². The fraction of sp³-hybridized carbons (Fsp3) is 0.0667. The quantitative estimate of drug-likeness (QED) is 0.654. The first kappa shape index (κ1) is 14.1. The number of nitrogens with one attached hydrogen (secondary N) is 1. The third kappa shape index (κ3) is 3.39. The molecular weight excluding hydrogens is 270 g/mol. The number of pyridine rings is 1. The molecule has 1 amide bonds. The van der Waals surface area contributed by atoms with Crippen molar-refractivity contribution in [2.75, 3.05) is 16.8 Å². The maximum atomic E-state index is 12.2. The molecule has 0 aliphatic carbocycles. The molecule has 0 radical (unpaired) electrons. The van der Waals surface area contributed by atoms with Gasteiger partial charge in [0, 0.05) is 16.8 Å². The molecule has 0 saturated heterocycles. The van der Waals surface area contributed by atoms with Crippen molar-refractivity contribution in [3.05, 3.63) is 60.9 Å². The Labute approximate surface area is 122 Å². The minimum Gasteiger partial charge on any atom is -0.397 e. The summed E-state index contributed by atoms with van der Waals surface area (Å²) in [6, 6.07) is 10.9. The Morgan fingerprint density at radius 1 is 1.35 bits per heavy atom. The highest BCUT2D eigenvalue weighted by Gasteiger charge is 2.12. The third-order valence-electron chi connectivity index (χ3n) is 2.55.